The van der Waals surface area contributed by atoms with Crippen molar-refractivity contribution in [1.29, 1.82) is 0 Å². The number of carbonyl (C=O) groups is 3. The van der Waals surface area contributed by atoms with Gasteiger partial charge in [0.15, 0.2) is 0 Å². The number of piperidine rings is 1. The van der Waals surface area contributed by atoms with Gasteiger partial charge in [0.05, 0.1) is 19.8 Å². The zero-order valence-electron chi connectivity index (χ0n) is 25.2. The van der Waals surface area contributed by atoms with Gasteiger partial charge in [0.1, 0.15) is 5.75 Å². The summed E-state index contributed by atoms with van der Waals surface area (Å²) in [6.45, 7) is 5.41. The maximum absolute atomic E-state index is 13.6. The zero-order valence-corrected chi connectivity index (χ0v) is 25.2. The molecule has 1 aliphatic rings. The van der Waals surface area contributed by atoms with Crippen LogP contribution in [0.1, 0.15) is 63.0 Å². The topological polar surface area (TPSA) is 109 Å². The number of hydrogen-bond donors (Lipinski definition) is 3. The lowest BCUT2D eigenvalue weighted by Crippen LogP contribution is -2.51. The number of nitrogens with zero attached hydrogens (tertiary/aromatic N) is 1. The van der Waals surface area contributed by atoms with E-state index in [1.165, 1.54) is 0 Å². The summed E-state index contributed by atoms with van der Waals surface area (Å²) in [5.74, 6) is 0.522. The summed E-state index contributed by atoms with van der Waals surface area (Å²) in [5, 5.41) is 10.0. The zero-order chi connectivity index (χ0) is 30.0. The van der Waals surface area contributed by atoms with Crippen molar-refractivity contribution < 1.29 is 23.9 Å². The summed E-state index contributed by atoms with van der Waals surface area (Å²) in [4.78, 5) is 40.2. The van der Waals surface area contributed by atoms with E-state index in [0.717, 1.165) is 49.2 Å². The summed E-state index contributed by atoms with van der Waals surface area (Å²) >= 11 is 0. The minimum Gasteiger partial charge on any atom is -0.497 e. The summed E-state index contributed by atoms with van der Waals surface area (Å²) < 4.78 is 10.4. The van der Waals surface area contributed by atoms with Gasteiger partial charge in [-0.1, -0.05) is 42.5 Å². The summed E-state index contributed by atoms with van der Waals surface area (Å²) in [6.07, 6.45) is 5.43. The van der Waals surface area contributed by atoms with E-state index in [1.54, 1.807) is 14.0 Å². The van der Waals surface area contributed by atoms with Gasteiger partial charge in [-0.15, -0.1) is 0 Å². The Kier molecular flexibility index (Phi) is 14.9. The van der Waals surface area contributed by atoms with E-state index < -0.39 is 6.04 Å². The minimum atomic E-state index is -0.544. The molecule has 0 bridgehead atoms. The van der Waals surface area contributed by atoms with Gasteiger partial charge in [0, 0.05) is 45.1 Å². The molecule has 0 unspecified atom stereocenters. The maximum atomic E-state index is 13.6. The highest BCUT2D eigenvalue weighted by molar-refractivity contribution is 5.83. The highest BCUT2D eigenvalue weighted by Crippen LogP contribution is 2.14. The van der Waals surface area contributed by atoms with Crippen molar-refractivity contribution >= 4 is 17.8 Å². The van der Waals surface area contributed by atoms with E-state index in [-0.39, 0.29) is 30.2 Å². The molecule has 230 valence electrons. The van der Waals surface area contributed by atoms with Crippen LogP contribution in [-0.2, 0) is 32.1 Å². The minimum absolute atomic E-state index is 0.0987. The Morgan fingerprint density at radius 2 is 1.71 bits per heavy atom. The SMILES string of the molecule is CCOC(=O)CCCN[C@H](CCC(=O)N1CCCCC1)C(=O)N[C@H](CNCc1cccc(OC)c1)Cc1ccccc1. The lowest BCUT2D eigenvalue weighted by molar-refractivity contribution is -0.143. The number of likely N-dealkylation sites (tertiary alicyclic amines) is 1. The predicted octanol–water partition coefficient (Wildman–Crippen LogP) is 3.61. The number of methoxy groups -OCH3 is 1. The molecule has 1 heterocycles. The average molecular weight is 581 g/mol. The average Bonchev–Trinajstić information content (AvgIpc) is 3.01. The smallest absolute Gasteiger partial charge is 0.305 e. The van der Waals surface area contributed by atoms with E-state index in [1.807, 2.05) is 47.4 Å². The number of ether oxygens (including phenoxy) is 2. The number of benzene rings is 2. The second-order valence-corrected chi connectivity index (χ2v) is 10.8. The van der Waals surface area contributed by atoms with Gasteiger partial charge in [0.25, 0.3) is 0 Å². The molecule has 3 N–H and O–H groups in total. The molecule has 0 saturated carbocycles. The van der Waals surface area contributed by atoms with E-state index in [2.05, 4.69) is 28.1 Å². The molecule has 2 aromatic rings. The van der Waals surface area contributed by atoms with Crippen LogP contribution in [0.25, 0.3) is 0 Å². The third-order valence-corrected chi connectivity index (χ3v) is 7.45. The van der Waals surface area contributed by atoms with Crippen LogP contribution in [0.4, 0.5) is 0 Å². The third kappa shape index (κ3) is 12.2. The molecule has 0 radical (unpaired) electrons. The van der Waals surface area contributed by atoms with Gasteiger partial charge in [-0.3, -0.25) is 14.4 Å². The molecule has 42 heavy (non-hydrogen) atoms. The second kappa shape index (κ2) is 18.9. The first-order valence-corrected chi connectivity index (χ1v) is 15.3. The molecule has 2 atom stereocenters. The number of rotatable bonds is 18. The number of amides is 2. The molecule has 0 aliphatic carbocycles. The Labute approximate surface area is 250 Å². The van der Waals surface area contributed by atoms with Crippen LogP contribution >= 0.6 is 0 Å². The molecule has 0 aromatic heterocycles. The fourth-order valence-corrected chi connectivity index (χ4v) is 5.19. The lowest BCUT2D eigenvalue weighted by atomic mass is 10.0. The summed E-state index contributed by atoms with van der Waals surface area (Å²) in [7, 11) is 1.65. The monoisotopic (exact) mass is 580 g/mol. The van der Waals surface area contributed by atoms with Gasteiger partial charge in [-0.25, -0.2) is 0 Å². The molecule has 9 heteroatoms. The Hall–Kier alpha value is -3.43. The van der Waals surface area contributed by atoms with Crippen LogP contribution in [0, 0.1) is 0 Å². The van der Waals surface area contributed by atoms with Crippen molar-refractivity contribution in [3.8, 4) is 5.75 Å². The molecule has 1 aliphatic heterocycles. The number of nitrogens with one attached hydrogen (secondary N) is 3. The van der Waals surface area contributed by atoms with Crippen molar-refractivity contribution in [1.82, 2.24) is 20.9 Å². The van der Waals surface area contributed by atoms with Crippen LogP contribution in [0.15, 0.2) is 54.6 Å². The molecule has 1 saturated heterocycles. The Bertz CT molecular complexity index is 1090. The van der Waals surface area contributed by atoms with Crippen LogP contribution in [0.5, 0.6) is 5.75 Å². The van der Waals surface area contributed by atoms with Crippen molar-refractivity contribution in [2.24, 2.45) is 0 Å². The number of hydrogen-bond acceptors (Lipinski definition) is 7. The highest BCUT2D eigenvalue weighted by Gasteiger charge is 2.24. The van der Waals surface area contributed by atoms with E-state index in [9.17, 15) is 14.4 Å². The third-order valence-electron chi connectivity index (χ3n) is 7.45. The largest absolute Gasteiger partial charge is 0.497 e. The molecule has 3 rings (SSSR count). The van der Waals surface area contributed by atoms with Crippen LogP contribution in [0.3, 0.4) is 0 Å². The van der Waals surface area contributed by atoms with Gasteiger partial charge in [-0.05, 0) is 75.3 Å². The first-order chi connectivity index (χ1) is 20.5. The van der Waals surface area contributed by atoms with Crippen molar-refractivity contribution in [3.63, 3.8) is 0 Å². The first-order valence-electron chi connectivity index (χ1n) is 15.3. The molecule has 2 aromatic carbocycles. The standard InChI is InChI=1S/C33H48N4O5/c1-3-42-32(39)16-11-19-35-30(17-18-31(38)37-20-8-5-9-21-37)33(40)36-28(22-26-12-6-4-7-13-26)25-34-24-27-14-10-15-29(23-27)41-2/h4,6-7,10,12-15,23,28,30,34-35H,3,5,8-9,11,16-22,24-25H2,1-2H3,(H,36,40)/t28-,30+/m0/s1. The summed E-state index contributed by atoms with van der Waals surface area (Å²) in [6, 6.07) is 17.3. The quantitative estimate of drug-likeness (QED) is 0.183. The second-order valence-electron chi connectivity index (χ2n) is 10.8. The normalized spacial score (nSPS) is 14.6. The number of carbonyl (C=O) groups excluding carboxylic acids is 3. The molecular formula is C33H48N4O5. The van der Waals surface area contributed by atoms with E-state index >= 15 is 0 Å². The van der Waals surface area contributed by atoms with E-state index in [4.69, 9.17) is 9.47 Å². The fourth-order valence-electron chi connectivity index (χ4n) is 5.19. The summed E-state index contributed by atoms with van der Waals surface area (Å²) in [5.41, 5.74) is 2.22. The van der Waals surface area contributed by atoms with Crippen molar-refractivity contribution in [2.75, 3.05) is 39.9 Å². The van der Waals surface area contributed by atoms with Gasteiger partial charge >= 0.3 is 5.97 Å². The maximum Gasteiger partial charge on any atom is 0.305 e. The van der Waals surface area contributed by atoms with Crippen LogP contribution in [0.2, 0.25) is 0 Å². The first kappa shape index (κ1) is 33.1. The van der Waals surface area contributed by atoms with Gasteiger partial charge in [0.2, 0.25) is 11.8 Å². The van der Waals surface area contributed by atoms with Gasteiger partial charge in [-0.2, -0.15) is 0 Å². The molecule has 0 spiro atoms. The molecule has 9 nitrogen and oxygen atoms in total. The van der Waals surface area contributed by atoms with Crippen LogP contribution < -0.4 is 20.7 Å². The molecular weight excluding hydrogens is 532 g/mol. The highest BCUT2D eigenvalue weighted by atomic mass is 16.5. The lowest BCUT2D eigenvalue weighted by Gasteiger charge is -2.28. The predicted molar refractivity (Wildman–Crippen MR) is 164 cm³/mol. The fraction of sp³-hybridized carbons (Fsp3) is 0.545. The van der Waals surface area contributed by atoms with Crippen LogP contribution in [-0.4, -0.2) is 74.7 Å². The van der Waals surface area contributed by atoms with Crippen molar-refractivity contribution in [3.05, 3.63) is 65.7 Å². The molecule has 1 fully saturated rings. The Balaban J connectivity index is 1.62. The number of esters is 1. The van der Waals surface area contributed by atoms with Crippen molar-refractivity contribution in [2.45, 2.75) is 76.9 Å². The molecule has 2 amide bonds. The van der Waals surface area contributed by atoms with Gasteiger partial charge < -0.3 is 30.3 Å². The Morgan fingerprint density at radius 1 is 0.952 bits per heavy atom. The Morgan fingerprint density at radius 3 is 2.45 bits per heavy atom. The van der Waals surface area contributed by atoms with E-state index in [0.29, 0.717) is 51.9 Å².